The topological polar surface area (TPSA) is 60.9 Å². The molecule has 1 heterocycles. The highest BCUT2D eigenvalue weighted by Gasteiger charge is 2.35. The molecule has 1 amide bonds. The molecule has 0 spiro atoms. The molecule has 1 atom stereocenters. The maximum Gasteiger partial charge on any atom is 0.320 e. The molecule has 2 fully saturated rings. The van der Waals surface area contributed by atoms with Crippen LogP contribution in [-0.2, 0) is 9.59 Å². The maximum absolute atomic E-state index is 12.2. The lowest BCUT2D eigenvalue weighted by Gasteiger charge is -2.33. The fourth-order valence-electron chi connectivity index (χ4n) is 2.75. The van der Waals surface area contributed by atoms with Crippen LogP contribution < -0.4 is 0 Å². The van der Waals surface area contributed by atoms with Crippen LogP contribution in [0.2, 0.25) is 0 Å². The van der Waals surface area contributed by atoms with Crippen molar-refractivity contribution in [2.75, 3.05) is 19.6 Å². The third-order valence-corrected chi connectivity index (χ3v) is 3.89. The van der Waals surface area contributed by atoms with Gasteiger partial charge < -0.3 is 10.0 Å². The predicted molar refractivity (Wildman–Crippen MR) is 67.3 cm³/mol. The quantitative estimate of drug-likeness (QED) is 0.793. The monoisotopic (exact) mass is 254 g/mol. The fourth-order valence-corrected chi connectivity index (χ4v) is 2.75. The zero-order chi connectivity index (χ0) is 13.1. The molecule has 0 aromatic heterocycles. The summed E-state index contributed by atoms with van der Waals surface area (Å²) in [5, 5.41) is 9.17. The van der Waals surface area contributed by atoms with Crippen LogP contribution in [0.25, 0.3) is 0 Å². The smallest absolute Gasteiger partial charge is 0.320 e. The van der Waals surface area contributed by atoms with E-state index in [1.54, 1.807) is 0 Å². The second kappa shape index (κ2) is 5.69. The molecule has 2 rings (SSSR count). The highest BCUT2D eigenvalue weighted by Crippen LogP contribution is 2.27. The van der Waals surface area contributed by atoms with E-state index in [0.717, 1.165) is 38.8 Å². The molecule has 1 unspecified atom stereocenters. The molecule has 1 saturated heterocycles. The molecule has 1 saturated carbocycles. The van der Waals surface area contributed by atoms with Gasteiger partial charge in [-0.1, -0.05) is 6.42 Å². The van der Waals surface area contributed by atoms with Gasteiger partial charge in [-0.25, -0.2) is 0 Å². The minimum Gasteiger partial charge on any atom is -0.480 e. The number of rotatable bonds is 5. The van der Waals surface area contributed by atoms with Crippen molar-refractivity contribution in [2.24, 2.45) is 0 Å². The van der Waals surface area contributed by atoms with E-state index in [4.69, 9.17) is 0 Å². The van der Waals surface area contributed by atoms with Crippen LogP contribution in [0, 0.1) is 0 Å². The van der Waals surface area contributed by atoms with Gasteiger partial charge in [-0.2, -0.15) is 0 Å². The normalized spacial score (nSPS) is 24.8. The molecule has 1 aliphatic heterocycles. The number of aliphatic carboxylic acids is 1. The molecule has 0 bridgehead atoms. The average Bonchev–Trinajstić information content (AvgIpc) is 3.15. The highest BCUT2D eigenvalue weighted by atomic mass is 16.4. The number of nitrogens with zero attached hydrogens (tertiary/aromatic N) is 2. The fraction of sp³-hybridized carbons (Fsp3) is 0.846. The highest BCUT2D eigenvalue weighted by molar-refractivity contribution is 5.80. The minimum atomic E-state index is -0.794. The average molecular weight is 254 g/mol. The SMILES string of the molecule is CCN(C(=O)CN1CCCCC1C(=O)O)C1CC1. The van der Waals surface area contributed by atoms with Gasteiger partial charge in [-0.05, 0) is 39.2 Å². The number of hydrogen-bond acceptors (Lipinski definition) is 3. The van der Waals surface area contributed by atoms with Crippen molar-refractivity contribution >= 4 is 11.9 Å². The number of carbonyl (C=O) groups excluding carboxylic acids is 1. The third kappa shape index (κ3) is 3.02. The summed E-state index contributed by atoms with van der Waals surface area (Å²) in [6, 6.07) is -0.0591. The van der Waals surface area contributed by atoms with E-state index >= 15 is 0 Å². The van der Waals surface area contributed by atoms with Crippen molar-refractivity contribution in [1.29, 1.82) is 0 Å². The Kier molecular flexibility index (Phi) is 4.22. The van der Waals surface area contributed by atoms with Crippen LogP contribution in [0.1, 0.15) is 39.0 Å². The summed E-state index contributed by atoms with van der Waals surface area (Å²) in [5.41, 5.74) is 0. The molecule has 0 aromatic carbocycles. The van der Waals surface area contributed by atoms with E-state index in [9.17, 15) is 14.7 Å². The second-order valence-electron chi connectivity index (χ2n) is 5.23. The Bertz CT molecular complexity index is 328. The van der Waals surface area contributed by atoms with E-state index < -0.39 is 12.0 Å². The first-order valence-corrected chi connectivity index (χ1v) is 6.89. The number of hydrogen-bond donors (Lipinski definition) is 1. The third-order valence-electron chi connectivity index (χ3n) is 3.89. The number of likely N-dealkylation sites (tertiary alicyclic amines) is 1. The number of piperidine rings is 1. The Labute approximate surface area is 108 Å². The van der Waals surface area contributed by atoms with Crippen LogP contribution in [0.3, 0.4) is 0 Å². The van der Waals surface area contributed by atoms with E-state index in [0.29, 0.717) is 12.5 Å². The molecule has 18 heavy (non-hydrogen) atoms. The number of carboxylic acids is 1. The number of carbonyl (C=O) groups is 2. The van der Waals surface area contributed by atoms with Crippen LogP contribution in [-0.4, -0.2) is 58.5 Å². The van der Waals surface area contributed by atoms with Gasteiger partial charge in [0.2, 0.25) is 5.91 Å². The van der Waals surface area contributed by atoms with E-state index in [2.05, 4.69) is 0 Å². The number of carboxylic acid groups (broad SMARTS) is 1. The Balaban J connectivity index is 1.93. The summed E-state index contributed by atoms with van der Waals surface area (Å²) in [6.07, 6.45) is 4.80. The first-order valence-electron chi connectivity index (χ1n) is 6.89. The first kappa shape index (κ1) is 13.3. The van der Waals surface area contributed by atoms with Gasteiger partial charge in [-0.3, -0.25) is 14.5 Å². The molecule has 0 aromatic rings. The molecule has 2 aliphatic rings. The molecule has 0 radical (unpaired) electrons. The van der Waals surface area contributed by atoms with E-state index in [1.165, 1.54) is 0 Å². The van der Waals surface area contributed by atoms with Crippen LogP contribution in [0.15, 0.2) is 0 Å². The number of amides is 1. The van der Waals surface area contributed by atoms with Gasteiger partial charge in [-0.15, -0.1) is 0 Å². The molecule has 1 N–H and O–H groups in total. The minimum absolute atomic E-state index is 0.0909. The van der Waals surface area contributed by atoms with Gasteiger partial charge in [0.05, 0.1) is 6.54 Å². The van der Waals surface area contributed by atoms with Gasteiger partial charge in [0.15, 0.2) is 0 Å². The summed E-state index contributed by atoms with van der Waals surface area (Å²) in [7, 11) is 0. The lowest BCUT2D eigenvalue weighted by atomic mass is 10.0. The van der Waals surface area contributed by atoms with Gasteiger partial charge >= 0.3 is 5.97 Å². The largest absolute Gasteiger partial charge is 0.480 e. The summed E-state index contributed by atoms with van der Waals surface area (Å²) in [5.74, 6) is -0.704. The second-order valence-corrected chi connectivity index (χ2v) is 5.23. The summed E-state index contributed by atoms with van der Waals surface area (Å²) in [6.45, 7) is 3.71. The lowest BCUT2D eigenvalue weighted by Crippen LogP contribution is -2.50. The Morgan fingerprint density at radius 1 is 1.28 bits per heavy atom. The van der Waals surface area contributed by atoms with Gasteiger partial charge in [0.1, 0.15) is 6.04 Å². The molecule has 5 heteroatoms. The molecule has 1 aliphatic carbocycles. The summed E-state index contributed by atoms with van der Waals surface area (Å²) < 4.78 is 0. The Morgan fingerprint density at radius 3 is 2.56 bits per heavy atom. The number of likely N-dealkylation sites (N-methyl/N-ethyl adjacent to an activating group) is 1. The molecule has 102 valence electrons. The van der Waals surface area contributed by atoms with Crippen molar-refractivity contribution in [3.05, 3.63) is 0 Å². The van der Waals surface area contributed by atoms with Crippen molar-refractivity contribution in [2.45, 2.75) is 51.1 Å². The van der Waals surface area contributed by atoms with E-state index in [1.807, 2.05) is 16.7 Å². The first-order chi connectivity index (χ1) is 8.63. The van der Waals surface area contributed by atoms with Crippen LogP contribution in [0.5, 0.6) is 0 Å². The Morgan fingerprint density at radius 2 is 2.00 bits per heavy atom. The molecular formula is C13H22N2O3. The molecular weight excluding hydrogens is 232 g/mol. The van der Waals surface area contributed by atoms with Gasteiger partial charge in [0, 0.05) is 12.6 Å². The zero-order valence-electron chi connectivity index (χ0n) is 11.0. The van der Waals surface area contributed by atoms with Crippen molar-refractivity contribution in [3.8, 4) is 0 Å². The predicted octanol–water partition coefficient (Wildman–Crippen LogP) is 0.936. The lowest BCUT2D eigenvalue weighted by molar-refractivity contribution is -0.146. The van der Waals surface area contributed by atoms with Crippen molar-refractivity contribution in [3.63, 3.8) is 0 Å². The van der Waals surface area contributed by atoms with E-state index in [-0.39, 0.29) is 12.5 Å². The van der Waals surface area contributed by atoms with Gasteiger partial charge in [0.25, 0.3) is 0 Å². The summed E-state index contributed by atoms with van der Waals surface area (Å²) in [4.78, 5) is 27.1. The Hall–Kier alpha value is -1.10. The zero-order valence-corrected chi connectivity index (χ0v) is 11.0. The van der Waals surface area contributed by atoms with Crippen LogP contribution >= 0.6 is 0 Å². The van der Waals surface area contributed by atoms with Crippen molar-refractivity contribution < 1.29 is 14.7 Å². The van der Waals surface area contributed by atoms with Crippen LogP contribution in [0.4, 0.5) is 0 Å². The maximum atomic E-state index is 12.2. The standard InChI is InChI=1S/C13H22N2O3/c1-2-15(10-6-7-10)12(16)9-14-8-4-3-5-11(14)13(17)18/h10-11H,2-9H2,1H3,(H,17,18). The van der Waals surface area contributed by atoms with Crippen molar-refractivity contribution in [1.82, 2.24) is 9.80 Å². The molecule has 5 nitrogen and oxygen atoms in total. The summed E-state index contributed by atoms with van der Waals surface area (Å²) >= 11 is 0.